The third kappa shape index (κ3) is 2.80. The van der Waals surface area contributed by atoms with E-state index in [1.165, 1.54) is 0 Å². The second-order valence-electron chi connectivity index (χ2n) is 5.01. The number of alkyl halides is 3. The highest BCUT2D eigenvalue weighted by Crippen LogP contribution is 2.37. The van der Waals surface area contributed by atoms with Crippen molar-refractivity contribution in [3.05, 3.63) is 28.8 Å². The monoisotopic (exact) mass is 321 g/mol. The highest BCUT2D eigenvalue weighted by Gasteiger charge is 2.48. The van der Waals surface area contributed by atoms with Gasteiger partial charge in [0.1, 0.15) is 11.9 Å². The number of halogens is 4. The molecular formula is C13H11ClF3NO3. The highest BCUT2D eigenvalue weighted by atomic mass is 35.5. The van der Waals surface area contributed by atoms with E-state index in [9.17, 15) is 18.0 Å². The summed E-state index contributed by atoms with van der Waals surface area (Å²) in [4.78, 5) is 10.9. The zero-order valence-corrected chi connectivity index (χ0v) is 11.4. The number of rotatable bonds is 1. The summed E-state index contributed by atoms with van der Waals surface area (Å²) in [6, 6.07) is 5.11. The van der Waals surface area contributed by atoms with Gasteiger partial charge in [-0.15, -0.1) is 0 Å². The fourth-order valence-corrected chi connectivity index (χ4v) is 2.84. The summed E-state index contributed by atoms with van der Waals surface area (Å²) in [5, 5.41) is 3.27. The maximum Gasteiger partial charge on any atom is 0.490 e. The summed E-state index contributed by atoms with van der Waals surface area (Å²) >= 11 is 5.89. The SMILES string of the molecule is O=C(OC1NC[C@H]2Oc3ccc(Cl)cc3C[C@@H]12)C(F)(F)F. The Hall–Kier alpha value is -1.47. The summed E-state index contributed by atoms with van der Waals surface area (Å²) in [6.45, 7) is 0.322. The Balaban J connectivity index is 1.76. The number of carbonyl (C=O) groups excluding carboxylic acids is 1. The van der Waals surface area contributed by atoms with Crippen molar-refractivity contribution in [1.82, 2.24) is 5.32 Å². The van der Waals surface area contributed by atoms with E-state index < -0.39 is 18.4 Å². The molecule has 2 aliphatic rings. The Morgan fingerprint density at radius 2 is 2.19 bits per heavy atom. The second kappa shape index (κ2) is 5.06. The van der Waals surface area contributed by atoms with E-state index >= 15 is 0 Å². The van der Waals surface area contributed by atoms with Crippen LogP contribution < -0.4 is 10.1 Å². The molecule has 1 aromatic carbocycles. The molecule has 1 fully saturated rings. The molecule has 0 spiro atoms. The average Bonchev–Trinajstić information content (AvgIpc) is 2.77. The van der Waals surface area contributed by atoms with Crippen LogP contribution in [0.2, 0.25) is 5.02 Å². The van der Waals surface area contributed by atoms with Crippen molar-refractivity contribution in [3.63, 3.8) is 0 Å². The van der Waals surface area contributed by atoms with E-state index in [-0.39, 0.29) is 12.0 Å². The molecule has 2 heterocycles. The first-order valence-electron chi connectivity index (χ1n) is 6.31. The second-order valence-corrected chi connectivity index (χ2v) is 5.44. The Labute approximate surface area is 123 Å². The molecule has 0 aliphatic carbocycles. The van der Waals surface area contributed by atoms with Crippen LogP contribution in [0.25, 0.3) is 0 Å². The molecule has 3 rings (SSSR count). The van der Waals surface area contributed by atoms with E-state index in [1.54, 1.807) is 18.2 Å². The van der Waals surface area contributed by atoms with E-state index in [0.29, 0.717) is 23.7 Å². The number of hydrogen-bond donors (Lipinski definition) is 1. The van der Waals surface area contributed by atoms with Gasteiger partial charge in [0, 0.05) is 11.6 Å². The van der Waals surface area contributed by atoms with E-state index in [2.05, 4.69) is 10.1 Å². The molecule has 0 aromatic heterocycles. The minimum atomic E-state index is -5.00. The normalized spacial score (nSPS) is 27.5. The van der Waals surface area contributed by atoms with E-state index in [4.69, 9.17) is 16.3 Å². The van der Waals surface area contributed by atoms with Gasteiger partial charge in [-0.1, -0.05) is 11.6 Å². The molecular weight excluding hydrogens is 311 g/mol. The predicted octanol–water partition coefficient (Wildman–Crippen LogP) is 2.29. The quantitative estimate of drug-likeness (QED) is 0.806. The van der Waals surface area contributed by atoms with Crippen molar-refractivity contribution in [3.8, 4) is 5.75 Å². The molecule has 2 aliphatic heterocycles. The summed E-state index contributed by atoms with van der Waals surface area (Å²) in [7, 11) is 0. The van der Waals surface area contributed by atoms with Gasteiger partial charge in [0.25, 0.3) is 0 Å². The molecule has 21 heavy (non-hydrogen) atoms. The number of hydrogen-bond acceptors (Lipinski definition) is 4. The lowest BCUT2D eigenvalue weighted by atomic mass is 9.92. The summed E-state index contributed by atoms with van der Waals surface area (Å²) in [5.74, 6) is -1.91. The van der Waals surface area contributed by atoms with Gasteiger partial charge in [-0.05, 0) is 30.2 Å². The number of benzene rings is 1. The largest absolute Gasteiger partial charge is 0.490 e. The molecule has 3 atom stereocenters. The Morgan fingerprint density at radius 1 is 1.43 bits per heavy atom. The molecule has 114 valence electrons. The van der Waals surface area contributed by atoms with Crippen LogP contribution in [0, 0.1) is 5.92 Å². The zero-order chi connectivity index (χ0) is 15.2. The fraction of sp³-hybridized carbons (Fsp3) is 0.462. The predicted molar refractivity (Wildman–Crippen MR) is 67.0 cm³/mol. The first-order valence-corrected chi connectivity index (χ1v) is 6.68. The van der Waals surface area contributed by atoms with Crippen LogP contribution in [0.3, 0.4) is 0 Å². The van der Waals surface area contributed by atoms with Crippen molar-refractivity contribution < 1.29 is 27.4 Å². The van der Waals surface area contributed by atoms with Gasteiger partial charge >= 0.3 is 12.1 Å². The number of nitrogens with one attached hydrogen (secondary N) is 1. The van der Waals surface area contributed by atoms with Gasteiger partial charge in [0.05, 0.1) is 5.92 Å². The summed E-state index contributed by atoms with van der Waals surface area (Å²) in [6.07, 6.45) is -5.92. The lowest BCUT2D eigenvalue weighted by Gasteiger charge is -2.30. The van der Waals surface area contributed by atoms with Crippen LogP contribution in [0.4, 0.5) is 13.2 Å². The Kier molecular flexibility index (Phi) is 3.49. The first kappa shape index (κ1) is 14.5. The lowest BCUT2D eigenvalue weighted by molar-refractivity contribution is -0.208. The van der Waals surface area contributed by atoms with Crippen molar-refractivity contribution in [2.24, 2.45) is 5.92 Å². The van der Waals surface area contributed by atoms with Crippen molar-refractivity contribution >= 4 is 17.6 Å². The minimum Gasteiger partial charge on any atom is -0.488 e. The first-order chi connectivity index (χ1) is 9.84. The topological polar surface area (TPSA) is 47.6 Å². The van der Waals surface area contributed by atoms with E-state index in [0.717, 1.165) is 5.56 Å². The van der Waals surface area contributed by atoms with E-state index in [1.807, 2.05) is 0 Å². The Bertz CT molecular complexity index is 578. The summed E-state index contributed by atoms with van der Waals surface area (Å²) in [5.41, 5.74) is 0.792. The van der Waals surface area contributed by atoms with Crippen LogP contribution in [-0.4, -0.2) is 31.0 Å². The van der Waals surface area contributed by atoms with Crippen molar-refractivity contribution in [2.75, 3.05) is 6.54 Å². The van der Waals surface area contributed by atoms with Gasteiger partial charge in [0.2, 0.25) is 0 Å². The standard InChI is InChI=1S/C13H11ClF3NO3/c14-7-1-2-9-6(3-7)4-8-10(20-9)5-18-11(8)21-12(19)13(15,16)17/h1-3,8,10-11,18H,4-5H2/t8-,10-,11?/m1/s1. The molecule has 0 saturated carbocycles. The van der Waals surface area contributed by atoms with Gasteiger partial charge in [-0.3, -0.25) is 5.32 Å². The van der Waals surface area contributed by atoms with Gasteiger partial charge in [0.15, 0.2) is 6.23 Å². The number of fused-ring (bicyclic) bond motifs is 2. The molecule has 0 bridgehead atoms. The molecule has 0 amide bonds. The van der Waals surface area contributed by atoms with Crippen molar-refractivity contribution in [2.45, 2.75) is 24.9 Å². The highest BCUT2D eigenvalue weighted by molar-refractivity contribution is 6.30. The maximum absolute atomic E-state index is 12.3. The van der Waals surface area contributed by atoms with Crippen LogP contribution in [-0.2, 0) is 16.0 Å². The summed E-state index contributed by atoms with van der Waals surface area (Å²) < 4.78 is 47.0. The average molecular weight is 322 g/mol. The third-order valence-corrected chi connectivity index (χ3v) is 3.84. The van der Waals surface area contributed by atoms with Crippen LogP contribution in [0.15, 0.2) is 18.2 Å². The molecule has 1 aromatic rings. The number of esters is 1. The van der Waals surface area contributed by atoms with Crippen LogP contribution >= 0.6 is 11.6 Å². The zero-order valence-electron chi connectivity index (χ0n) is 10.6. The molecule has 1 N–H and O–H groups in total. The Morgan fingerprint density at radius 3 is 2.90 bits per heavy atom. The van der Waals surface area contributed by atoms with Gasteiger partial charge in [-0.2, -0.15) is 13.2 Å². The minimum absolute atomic E-state index is 0.322. The number of ether oxygens (including phenoxy) is 2. The van der Waals surface area contributed by atoms with Gasteiger partial charge < -0.3 is 9.47 Å². The third-order valence-electron chi connectivity index (χ3n) is 3.61. The van der Waals surface area contributed by atoms with Gasteiger partial charge in [-0.25, -0.2) is 4.79 Å². The molecule has 1 unspecified atom stereocenters. The smallest absolute Gasteiger partial charge is 0.488 e. The molecule has 4 nitrogen and oxygen atoms in total. The maximum atomic E-state index is 12.3. The molecule has 0 radical (unpaired) electrons. The fourth-order valence-electron chi connectivity index (χ4n) is 2.65. The molecule has 8 heteroatoms. The van der Waals surface area contributed by atoms with Crippen molar-refractivity contribution in [1.29, 1.82) is 0 Å². The van der Waals surface area contributed by atoms with Crippen LogP contribution in [0.1, 0.15) is 5.56 Å². The molecule has 1 saturated heterocycles. The lowest BCUT2D eigenvalue weighted by Crippen LogP contribution is -2.40. The number of carbonyl (C=O) groups is 1. The van der Waals surface area contributed by atoms with Crippen LogP contribution in [0.5, 0.6) is 5.75 Å².